The lowest BCUT2D eigenvalue weighted by molar-refractivity contribution is -0.116. The van der Waals surface area contributed by atoms with Gasteiger partial charge in [0, 0.05) is 18.2 Å². The minimum Gasteiger partial charge on any atom is -0.494 e. The Kier molecular flexibility index (Phi) is 5.36. The van der Waals surface area contributed by atoms with Crippen LogP contribution >= 0.6 is 0 Å². The number of hydrogen-bond acceptors (Lipinski definition) is 2. The maximum atomic E-state index is 11.3. The Labute approximate surface area is 95.2 Å². The van der Waals surface area contributed by atoms with Gasteiger partial charge in [0.15, 0.2) is 0 Å². The summed E-state index contributed by atoms with van der Waals surface area (Å²) in [6, 6.07) is 7.20. The standard InChI is InChI=1S/C12H16NO3/c1-2-16-11-6-3-5-10(9-11)13-12(15)7-4-8-14/h3,5-6,9H,2,4,7-8H2,1H3,(H,13,15). The van der Waals surface area contributed by atoms with Gasteiger partial charge in [-0.15, -0.1) is 0 Å². The molecule has 4 nitrogen and oxygen atoms in total. The van der Waals surface area contributed by atoms with E-state index in [-0.39, 0.29) is 18.9 Å². The lowest BCUT2D eigenvalue weighted by atomic mass is 10.2. The van der Waals surface area contributed by atoms with Gasteiger partial charge in [-0.25, -0.2) is 5.11 Å². The minimum absolute atomic E-state index is 0.135. The lowest BCUT2D eigenvalue weighted by Gasteiger charge is -2.07. The molecule has 0 atom stereocenters. The van der Waals surface area contributed by atoms with Gasteiger partial charge in [0.25, 0.3) is 0 Å². The molecule has 1 rings (SSSR count). The maximum absolute atomic E-state index is 11.3. The molecule has 1 N–H and O–H groups in total. The highest BCUT2D eigenvalue weighted by molar-refractivity contribution is 5.90. The van der Waals surface area contributed by atoms with E-state index in [0.717, 1.165) is 5.75 Å². The zero-order valence-electron chi connectivity index (χ0n) is 9.36. The molecule has 0 aromatic heterocycles. The molecule has 0 bridgehead atoms. The van der Waals surface area contributed by atoms with Crippen LogP contribution in [0.5, 0.6) is 5.75 Å². The normalized spacial score (nSPS) is 9.88. The van der Waals surface area contributed by atoms with Crippen LogP contribution in [-0.2, 0) is 9.90 Å². The van der Waals surface area contributed by atoms with Gasteiger partial charge >= 0.3 is 0 Å². The molecule has 87 valence electrons. The number of amides is 1. The third kappa shape index (κ3) is 4.31. The molecular weight excluding hydrogens is 206 g/mol. The molecule has 0 saturated carbocycles. The van der Waals surface area contributed by atoms with E-state index in [1.807, 2.05) is 19.1 Å². The number of anilines is 1. The second-order valence-corrected chi connectivity index (χ2v) is 3.32. The van der Waals surface area contributed by atoms with E-state index in [1.54, 1.807) is 12.1 Å². The predicted octanol–water partition coefficient (Wildman–Crippen LogP) is 2.23. The Morgan fingerprint density at radius 1 is 1.44 bits per heavy atom. The Hall–Kier alpha value is -1.55. The highest BCUT2D eigenvalue weighted by atomic mass is 16.5. The van der Waals surface area contributed by atoms with E-state index in [2.05, 4.69) is 5.32 Å². The third-order valence-corrected chi connectivity index (χ3v) is 1.98. The summed E-state index contributed by atoms with van der Waals surface area (Å²) in [5.74, 6) is 0.591. The van der Waals surface area contributed by atoms with E-state index in [9.17, 15) is 9.90 Å². The molecule has 0 aliphatic carbocycles. The second kappa shape index (κ2) is 6.85. The lowest BCUT2D eigenvalue weighted by Crippen LogP contribution is -2.11. The average Bonchev–Trinajstić information content (AvgIpc) is 2.27. The molecule has 1 aromatic carbocycles. The van der Waals surface area contributed by atoms with E-state index in [4.69, 9.17) is 4.74 Å². The van der Waals surface area contributed by atoms with Crippen molar-refractivity contribution in [3.05, 3.63) is 24.3 Å². The first-order valence-electron chi connectivity index (χ1n) is 5.37. The summed E-state index contributed by atoms with van der Waals surface area (Å²) < 4.78 is 5.31. The van der Waals surface area contributed by atoms with Crippen molar-refractivity contribution in [2.24, 2.45) is 0 Å². The van der Waals surface area contributed by atoms with Crippen LogP contribution < -0.4 is 10.1 Å². The molecule has 0 saturated heterocycles. The summed E-state index contributed by atoms with van der Waals surface area (Å²) in [7, 11) is 0. The molecule has 0 spiro atoms. The minimum atomic E-state index is -0.216. The number of rotatable bonds is 6. The first-order valence-corrected chi connectivity index (χ1v) is 5.37. The van der Waals surface area contributed by atoms with Crippen molar-refractivity contribution in [2.45, 2.75) is 19.8 Å². The van der Waals surface area contributed by atoms with Crippen LogP contribution in [0.15, 0.2) is 24.3 Å². The topological polar surface area (TPSA) is 58.2 Å². The van der Waals surface area contributed by atoms with Crippen molar-refractivity contribution < 1.29 is 14.6 Å². The second-order valence-electron chi connectivity index (χ2n) is 3.32. The number of benzene rings is 1. The number of nitrogens with one attached hydrogen (secondary N) is 1. The van der Waals surface area contributed by atoms with E-state index < -0.39 is 0 Å². The van der Waals surface area contributed by atoms with Crippen LogP contribution in [0.2, 0.25) is 0 Å². The van der Waals surface area contributed by atoms with Crippen molar-refractivity contribution in [2.75, 3.05) is 18.5 Å². The van der Waals surface area contributed by atoms with Gasteiger partial charge in [-0.1, -0.05) is 6.07 Å². The number of ether oxygens (including phenoxy) is 1. The zero-order chi connectivity index (χ0) is 11.8. The first kappa shape index (κ1) is 12.5. The van der Waals surface area contributed by atoms with Crippen LogP contribution in [0.25, 0.3) is 0 Å². The van der Waals surface area contributed by atoms with Crippen molar-refractivity contribution in [3.8, 4) is 5.75 Å². The van der Waals surface area contributed by atoms with Crippen LogP contribution in [0.3, 0.4) is 0 Å². The molecule has 1 amide bonds. The summed E-state index contributed by atoms with van der Waals surface area (Å²) >= 11 is 0. The Bertz CT molecular complexity index is 339. The SMILES string of the molecule is CCOc1cccc(NC(=O)CCC[O])c1. The monoisotopic (exact) mass is 222 g/mol. The van der Waals surface area contributed by atoms with Gasteiger partial charge in [0.05, 0.1) is 13.2 Å². The van der Waals surface area contributed by atoms with Crippen molar-refractivity contribution in [3.63, 3.8) is 0 Å². The predicted molar refractivity (Wildman–Crippen MR) is 61.0 cm³/mol. The first-order chi connectivity index (χ1) is 7.76. The fourth-order valence-electron chi connectivity index (χ4n) is 1.29. The Morgan fingerprint density at radius 3 is 2.94 bits per heavy atom. The molecule has 16 heavy (non-hydrogen) atoms. The van der Waals surface area contributed by atoms with Crippen LogP contribution in [0.1, 0.15) is 19.8 Å². The van der Waals surface area contributed by atoms with Gasteiger partial charge < -0.3 is 10.1 Å². The van der Waals surface area contributed by atoms with Crippen LogP contribution in [0.4, 0.5) is 5.69 Å². The Balaban J connectivity index is 2.52. The number of carbonyl (C=O) groups excluding carboxylic acids is 1. The molecule has 1 radical (unpaired) electrons. The number of hydrogen-bond donors (Lipinski definition) is 1. The van der Waals surface area contributed by atoms with Crippen molar-refractivity contribution in [1.82, 2.24) is 0 Å². The summed E-state index contributed by atoms with van der Waals surface area (Å²) in [4.78, 5) is 11.3. The molecule has 0 heterocycles. The van der Waals surface area contributed by atoms with Gasteiger partial charge in [0.1, 0.15) is 5.75 Å². The molecule has 0 aliphatic rings. The van der Waals surface area contributed by atoms with Crippen molar-refractivity contribution in [1.29, 1.82) is 0 Å². The van der Waals surface area contributed by atoms with Gasteiger partial charge in [-0.3, -0.25) is 4.79 Å². The van der Waals surface area contributed by atoms with E-state index in [1.165, 1.54) is 0 Å². The smallest absolute Gasteiger partial charge is 0.224 e. The zero-order valence-corrected chi connectivity index (χ0v) is 9.36. The van der Waals surface area contributed by atoms with Gasteiger partial charge in [0.2, 0.25) is 5.91 Å². The van der Waals surface area contributed by atoms with E-state index in [0.29, 0.717) is 18.7 Å². The fraction of sp³-hybridized carbons (Fsp3) is 0.417. The molecule has 0 aliphatic heterocycles. The molecular formula is C12H16NO3. The number of carbonyl (C=O) groups is 1. The molecule has 0 unspecified atom stereocenters. The third-order valence-electron chi connectivity index (χ3n) is 1.98. The van der Waals surface area contributed by atoms with Gasteiger partial charge in [-0.05, 0) is 25.5 Å². The highest BCUT2D eigenvalue weighted by Gasteiger charge is 2.02. The van der Waals surface area contributed by atoms with Crippen molar-refractivity contribution >= 4 is 11.6 Å². The molecule has 4 heteroatoms. The van der Waals surface area contributed by atoms with Crippen LogP contribution in [-0.4, -0.2) is 19.1 Å². The Morgan fingerprint density at radius 2 is 2.25 bits per heavy atom. The van der Waals surface area contributed by atoms with Gasteiger partial charge in [-0.2, -0.15) is 0 Å². The average molecular weight is 222 g/mol. The van der Waals surface area contributed by atoms with Crippen LogP contribution in [0, 0.1) is 0 Å². The summed E-state index contributed by atoms with van der Waals surface area (Å²) in [5, 5.41) is 12.9. The largest absolute Gasteiger partial charge is 0.494 e. The highest BCUT2D eigenvalue weighted by Crippen LogP contribution is 2.17. The summed E-state index contributed by atoms with van der Waals surface area (Å²) in [6.45, 7) is 2.28. The quantitative estimate of drug-likeness (QED) is 0.802. The van der Waals surface area contributed by atoms with E-state index >= 15 is 0 Å². The molecule has 1 aromatic rings. The summed E-state index contributed by atoms with van der Waals surface area (Å²) in [5.41, 5.74) is 0.696. The maximum Gasteiger partial charge on any atom is 0.224 e. The molecule has 0 fully saturated rings. The fourth-order valence-corrected chi connectivity index (χ4v) is 1.29. The summed E-state index contributed by atoms with van der Waals surface area (Å²) in [6.07, 6.45) is 0.638.